The van der Waals surface area contributed by atoms with Gasteiger partial charge >= 0.3 is 5.97 Å². The Morgan fingerprint density at radius 2 is 1.58 bits per heavy atom. The molecule has 38 heavy (non-hydrogen) atoms. The first-order valence-electron chi connectivity index (χ1n) is 12.3. The van der Waals surface area contributed by atoms with E-state index in [0.29, 0.717) is 35.4 Å². The lowest BCUT2D eigenvalue weighted by atomic mass is 9.98. The van der Waals surface area contributed by atoms with Crippen LogP contribution in [0.1, 0.15) is 39.0 Å². The van der Waals surface area contributed by atoms with Gasteiger partial charge in [-0.3, -0.25) is 10.1 Å². The first kappa shape index (κ1) is 25.0. The SMILES string of the molecule is COC(=O)c1c(OCc2ccccc2)nc2c(c1OCc1ccccc1)CCCc1ccc([N+](=O)[O-])cc1-2. The van der Waals surface area contributed by atoms with E-state index in [-0.39, 0.29) is 30.3 Å². The van der Waals surface area contributed by atoms with E-state index in [0.717, 1.165) is 23.1 Å². The van der Waals surface area contributed by atoms with Gasteiger partial charge in [-0.15, -0.1) is 0 Å². The molecule has 0 saturated carbocycles. The van der Waals surface area contributed by atoms with Crippen LogP contribution in [0.15, 0.2) is 78.9 Å². The molecule has 4 aromatic rings. The topological polar surface area (TPSA) is 101 Å². The molecule has 1 aliphatic carbocycles. The van der Waals surface area contributed by atoms with Gasteiger partial charge in [0.2, 0.25) is 5.88 Å². The third-order valence-electron chi connectivity index (χ3n) is 6.48. The van der Waals surface area contributed by atoms with Crippen LogP contribution in [-0.2, 0) is 30.8 Å². The molecule has 0 amide bonds. The maximum Gasteiger partial charge on any atom is 0.347 e. The van der Waals surface area contributed by atoms with Gasteiger partial charge in [-0.1, -0.05) is 66.7 Å². The fourth-order valence-corrected chi connectivity index (χ4v) is 4.61. The highest BCUT2D eigenvalue weighted by atomic mass is 16.6. The molecule has 1 aliphatic rings. The van der Waals surface area contributed by atoms with Gasteiger partial charge in [0, 0.05) is 23.3 Å². The molecule has 3 aromatic carbocycles. The fraction of sp³-hybridized carbons (Fsp3) is 0.200. The molecule has 5 rings (SSSR count). The molecular formula is C30H26N2O6. The molecule has 1 heterocycles. The van der Waals surface area contributed by atoms with Crippen molar-refractivity contribution in [2.24, 2.45) is 0 Å². The number of hydrogen-bond donors (Lipinski definition) is 0. The van der Waals surface area contributed by atoms with Crippen LogP contribution in [0, 0.1) is 10.1 Å². The van der Waals surface area contributed by atoms with Crippen LogP contribution in [0.4, 0.5) is 5.69 Å². The Balaban J connectivity index is 1.69. The largest absolute Gasteiger partial charge is 0.487 e. The van der Waals surface area contributed by atoms with Gasteiger partial charge in [-0.05, 0) is 36.0 Å². The molecule has 0 saturated heterocycles. The van der Waals surface area contributed by atoms with Gasteiger partial charge in [-0.25, -0.2) is 9.78 Å². The number of methoxy groups -OCH3 is 1. The Labute approximate surface area is 220 Å². The maximum atomic E-state index is 13.1. The van der Waals surface area contributed by atoms with Gasteiger partial charge in [0.15, 0.2) is 5.56 Å². The Kier molecular flexibility index (Phi) is 7.31. The van der Waals surface area contributed by atoms with E-state index in [1.165, 1.54) is 19.2 Å². The number of carbonyl (C=O) groups excluding carboxylic acids is 1. The van der Waals surface area contributed by atoms with Crippen LogP contribution in [0.3, 0.4) is 0 Å². The summed E-state index contributed by atoms with van der Waals surface area (Å²) in [5, 5.41) is 11.6. The summed E-state index contributed by atoms with van der Waals surface area (Å²) in [5.74, 6) is -0.245. The average molecular weight is 511 g/mol. The average Bonchev–Trinajstić information content (AvgIpc) is 3.14. The Morgan fingerprint density at radius 1 is 0.921 bits per heavy atom. The zero-order valence-electron chi connectivity index (χ0n) is 20.9. The van der Waals surface area contributed by atoms with Crippen LogP contribution in [0.25, 0.3) is 11.3 Å². The quantitative estimate of drug-likeness (QED) is 0.161. The Morgan fingerprint density at radius 3 is 2.21 bits per heavy atom. The molecule has 0 spiro atoms. The number of nitrogens with zero attached hydrogens (tertiary/aromatic N) is 2. The van der Waals surface area contributed by atoms with Crippen molar-refractivity contribution < 1.29 is 23.9 Å². The molecule has 192 valence electrons. The van der Waals surface area contributed by atoms with Gasteiger partial charge < -0.3 is 14.2 Å². The number of nitro groups is 1. The molecule has 0 radical (unpaired) electrons. The third kappa shape index (κ3) is 5.20. The highest BCUT2D eigenvalue weighted by Crippen LogP contribution is 2.43. The summed E-state index contributed by atoms with van der Waals surface area (Å²) in [6.45, 7) is 0.373. The molecule has 0 aliphatic heterocycles. The summed E-state index contributed by atoms with van der Waals surface area (Å²) in [7, 11) is 1.30. The van der Waals surface area contributed by atoms with Crippen molar-refractivity contribution >= 4 is 11.7 Å². The standard InChI is InChI=1S/C30H26N2O6/c1-36-30(33)26-28(37-18-20-9-4-2-5-10-20)24-14-8-13-22-15-16-23(32(34)35)17-25(22)27(24)31-29(26)38-19-21-11-6-3-7-12-21/h2-7,9-12,15-17H,8,13-14,18-19H2,1H3. The van der Waals surface area contributed by atoms with Crippen LogP contribution in [0.2, 0.25) is 0 Å². The Bertz CT molecular complexity index is 1470. The van der Waals surface area contributed by atoms with Gasteiger partial charge in [0.25, 0.3) is 5.69 Å². The van der Waals surface area contributed by atoms with Crippen molar-refractivity contribution in [3.63, 3.8) is 0 Å². The van der Waals surface area contributed by atoms with Gasteiger partial charge in [-0.2, -0.15) is 0 Å². The van der Waals surface area contributed by atoms with Crippen molar-refractivity contribution in [2.75, 3.05) is 7.11 Å². The lowest BCUT2D eigenvalue weighted by Crippen LogP contribution is -2.14. The number of hydrogen-bond acceptors (Lipinski definition) is 7. The highest BCUT2D eigenvalue weighted by molar-refractivity contribution is 5.97. The number of aryl methyl sites for hydroxylation is 1. The summed E-state index contributed by atoms with van der Waals surface area (Å²) in [5.41, 5.74) is 4.68. The van der Waals surface area contributed by atoms with E-state index in [4.69, 9.17) is 19.2 Å². The maximum absolute atomic E-state index is 13.1. The van der Waals surface area contributed by atoms with E-state index in [1.807, 2.05) is 60.7 Å². The minimum atomic E-state index is -0.630. The van der Waals surface area contributed by atoms with Crippen LogP contribution in [-0.4, -0.2) is 23.0 Å². The first-order chi connectivity index (χ1) is 18.5. The summed E-state index contributed by atoms with van der Waals surface area (Å²) in [6, 6.07) is 23.9. The lowest BCUT2D eigenvalue weighted by Gasteiger charge is -2.20. The monoisotopic (exact) mass is 510 g/mol. The molecule has 0 bridgehead atoms. The smallest absolute Gasteiger partial charge is 0.347 e. The highest BCUT2D eigenvalue weighted by Gasteiger charge is 2.31. The number of benzene rings is 3. The zero-order chi connectivity index (χ0) is 26.5. The second-order valence-electron chi connectivity index (χ2n) is 8.94. The number of aromatic nitrogens is 1. The zero-order valence-corrected chi connectivity index (χ0v) is 20.9. The van der Waals surface area contributed by atoms with E-state index >= 15 is 0 Å². The summed E-state index contributed by atoms with van der Waals surface area (Å²) < 4.78 is 17.6. The molecule has 0 N–H and O–H groups in total. The first-order valence-corrected chi connectivity index (χ1v) is 12.3. The third-order valence-corrected chi connectivity index (χ3v) is 6.48. The molecule has 8 nitrogen and oxygen atoms in total. The van der Waals surface area contributed by atoms with Crippen LogP contribution >= 0.6 is 0 Å². The Hall–Kier alpha value is -4.72. The second-order valence-corrected chi connectivity index (χ2v) is 8.94. The lowest BCUT2D eigenvalue weighted by molar-refractivity contribution is -0.384. The molecular weight excluding hydrogens is 484 g/mol. The molecule has 0 unspecified atom stereocenters. The number of esters is 1. The van der Waals surface area contributed by atoms with Gasteiger partial charge in [0.05, 0.1) is 17.7 Å². The summed E-state index contributed by atoms with van der Waals surface area (Å²) >= 11 is 0. The van der Waals surface area contributed by atoms with Crippen LogP contribution in [0.5, 0.6) is 11.6 Å². The number of pyridine rings is 1. The number of fused-ring (bicyclic) bond motifs is 3. The van der Waals surface area contributed by atoms with E-state index in [9.17, 15) is 14.9 Å². The van der Waals surface area contributed by atoms with Gasteiger partial charge in [0.1, 0.15) is 19.0 Å². The van der Waals surface area contributed by atoms with Crippen molar-refractivity contribution in [2.45, 2.75) is 32.5 Å². The van der Waals surface area contributed by atoms with E-state index in [2.05, 4.69) is 0 Å². The number of non-ortho nitro benzene ring substituents is 1. The summed E-state index contributed by atoms with van der Waals surface area (Å²) in [6.07, 6.45) is 2.03. The van der Waals surface area contributed by atoms with Crippen molar-refractivity contribution in [3.8, 4) is 22.9 Å². The van der Waals surface area contributed by atoms with Crippen molar-refractivity contribution in [1.82, 2.24) is 4.98 Å². The fourth-order valence-electron chi connectivity index (χ4n) is 4.61. The summed E-state index contributed by atoms with van der Waals surface area (Å²) in [4.78, 5) is 29.1. The number of ether oxygens (including phenoxy) is 3. The molecule has 0 fully saturated rings. The van der Waals surface area contributed by atoms with E-state index in [1.54, 1.807) is 6.07 Å². The number of rotatable bonds is 8. The van der Waals surface area contributed by atoms with Crippen molar-refractivity contribution in [1.29, 1.82) is 0 Å². The predicted molar refractivity (Wildman–Crippen MR) is 141 cm³/mol. The second kappa shape index (κ2) is 11.1. The minimum absolute atomic E-state index is 0.0334. The normalized spacial score (nSPS) is 12.0. The number of nitro benzene ring substituents is 1. The molecule has 1 aromatic heterocycles. The number of carbonyl (C=O) groups is 1. The molecule has 0 atom stereocenters. The molecule has 8 heteroatoms. The predicted octanol–water partition coefficient (Wildman–Crippen LogP) is 6.09. The van der Waals surface area contributed by atoms with E-state index < -0.39 is 10.9 Å². The minimum Gasteiger partial charge on any atom is -0.487 e. The van der Waals surface area contributed by atoms with Crippen LogP contribution < -0.4 is 9.47 Å². The van der Waals surface area contributed by atoms with Crippen molar-refractivity contribution in [3.05, 3.63) is 117 Å².